The van der Waals surface area contributed by atoms with Crippen molar-refractivity contribution >= 4 is 0 Å². The minimum atomic E-state index is 0.508. The van der Waals surface area contributed by atoms with Gasteiger partial charge in [-0.3, -0.25) is 5.73 Å². The first-order chi connectivity index (χ1) is 12.9. The molecule has 0 bridgehead atoms. The smallest absolute Gasteiger partial charge is 0.0214 e. The summed E-state index contributed by atoms with van der Waals surface area (Å²) in [6, 6.07) is 0. The Morgan fingerprint density at radius 2 is 1.04 bits per heavy atom. The van der Waals surface area contributed by atoms with Crippen molar-refractivity contribution in [2.75, 3.05) is 19.6 Å². The fraction of sp³-hybridized carbons (Fsp3) is 0.833. The minimum absolute atomic E-state index is 0.508. The van der Waals surface area contributed by atoms with Gasteiger partial charge in [-0.1, -0.05) is 58.3 Å². The molecule has 0 spiro atoms. The predicted molar refractivity (Wildman–Crippen MR) is 116 cm³/mol. The summed E-state index contributed by atoms with van der Waals surface area (Å²) in [5, 5.41) is 3.50. The maximum atomic E-state index is 7.05. The van der Waals surface area contributed by atoms with Crippen LogP contribution in [0.1, 0.15) is 110 Å². The molecule has 2 nitrogen and oxygen atoms in total. The van der Waals surface area contributed by atoms with E-state index in [1.54, 1.807) is 0 Å². The summed E-state index contributed by atoms with van der Waals surface area (Å²) in [5.74, 6) is 13.0. The molecule has 0 aromatic heterocycles. The molecule has 0 aromatic rings. The van der Waals surface area contributed by atoms with E-state index in [0.717, 1.165) is 45.2 Å². The molecule has 0 rings (SSSR count). The van der Waals surface area contributed by atoms with Crippen LogP contribution in [-0.4, -0.2) is 19.6 Å². The molecule has 2 N–H and O–H groups in total. The highest BCUT2D eigenvalue weighted by atomic mass is 14.8. The van der Waals surface area contributed by atoms with Gasteiger partial charge >= 0.3 is 0 Å². The Balaban J connectivity index is 3.13. The normalized spacial score (nSPS) is 10.1. The van der Waals surface area contributed by atoms with Crippen LogP contribution in [0.15, 0.2) is 0 Å². The number of unbranched alkanes of at least 4 members (excludes halogenated alkanes) is 12. The molecule has 0 fully saturated rings. The van der Waals surface area contributed by atoms with Crippen molar-refractivity contribution in [3.05, 3.63) is 0 Å². The molecular weight excluding hydrogens is 316 g/mol. The molecule has 1 radical (unpaired) electrons. The monoisotopic (exact) mass is 359 g/mol. The molecule has 0 saturated carbocycles. The topological polar surface area (TPSA) is 35.8 Å². The average Bonchev–Trinajstić information content (AvgIpc) is 2.66. The lowest BCUT2D eigenvalue weighted by Gasteiger charge is -2.02. The van der Waals surface area contributed by atoms with Gasteiger partial charge in [-0.15, -0.1) is 23.7 Å². The molecule has 0 saturated heterocycles. The lowest BCUT2D eigenvalue weighted by Crippen LogP contribution is -2.16. The Morgan fingerprint density at radius 3 is 1.65 bits per heavy atom. The van der Waals surface area contributed by atoms with Gasteiger partial charge in [-0.05, 0) is 32.2 Å². The van der Waals surface area contributed by atoms with E-state index in [4.69, 9.17) is 5.73 Å². The van der Waals surface area contributed by atoms with Gasteiger partial charge in [-0.2, -0.15) is 0 Å². The van der Waals surface area contributed by atoms with Crippen LogP contribution in [0.4, 0.5) is 0 Å². The molecule has 0 unspecified atom stereocenters. The highest BCUT2D eigenvalue weighted by molar-refractivity contribution is 4.99. The summed E-state index contributed by atoms with van der Waals surface area (Å²) in [6.45, 7) is 4.94. The summed E-state index contributed by atoms with van der Waals surface area (Å²) in [5.41, 5.74) is 7.05. The molecule has 2 heteroatoms. The van der Waals surface area contributed by atoms with Gasteiger partial charge in [-0.25, -0.2) is 0 Å². The number of rotatable bonds is 17. The highest BCUT2D eigenvalue weighted by Gasteiger charge is 1.91. The minimum Gasteiger partial charge on any atom is -0.316 e. The second kappa shape index (κ2) is 24.0. The number of hydrogen-bond acceptors (Lipinski definition) is 1. The third-order valence-corrected chi connectivity index (χ3v) is 4.47. The SMILES string of the molecule is CCCCCCCCC#CCCNCCCCCCCC#CCCC[NH]. The molecule has 26 heavy (non-hydrogen) atoms. The van der Waals surface area contributed by atoms with Crippen molar-refractivity contribution < 1.29 is 0 Å². The maximum absolute atomic E-state index is 7.05. The Hall–Kier alpha value is -0.960. The predicted octanol–water partition coefficient (Wildman–Crippen LogP) is 6.13. The molecular formula is C24H43N2. The third kappa shape index (κ3) is 23.0. The van der Waals surface area contributed by atoms with Crippen LogP contribution in [0.2, 0.25) is 0 Å². The first-order valence-electron chi connectivity index (χ1n) is 11.2. The van der Waals surface area contributed by atoms with Gasteiger partial charge in [0.25, 0.3) is 0 Å². The zero-order valence-electron chi connectivity index (χ0n) is 17.4. The molecule has 0 aliphatic rings. The van der Waals surface area contributed by atoms with Crippen LogP contribution in [0, 0.1) is 23.7 Å². The van der Waals surface area contributed by atoms with Crippen LogP contribution in [0.3, 0.4) is 0 Å². The molecule has 0 aliphatic carbocycles. The third-order valence-electron chi connectivity index (χ3n) is 4.47. The first kappa shape index (κ1) is 25.0. The van der Waals surface area contributed by atoms with Crippen LogP contribution in [0.25, 0.3) is 0 Å². The molecule has 149 valence electrons. The van der Waals surface area contributed by atoms with Gasteiger partial charge in [0.2, 0.25) is 0 Å². The average molecular weight is 360 g/mol. The Morgan fingerprint density at radius 1 is 0.538 bits per heavy atom. The molecule has 0 aromatic carbocycles. The quantitative estimate of drug-likeness (QED) is 0.246. The van der Waals surface area contributed by atoms with Gasteiger partial charge in [0.1, 0.15) is 0 Å². The lowest BCUT2D eigenvalue weighted by atomic mass is 10.1. The number of hydrogen-bond donors (Lipinski definition) is 1. The Bertz CT molecular complexity index is 380. The van der Waals surface area contributed by atoms with Gasteiger partial charge in [0.15, 0.2) is 0 Å². The van der Waals surface area contributed by atoms with Gasteiger partial charge in [0, 0.05) is 38.8 Å². The molecule has 0 heterocycles. The lowest BCUT2D eigenvalue weighted by molar-refractivity contribution is 0.582. The second-order valence-electron chi connectivity index (χ2n) is 7.10. The zero-order valence-corrected chi connectivity index (χ0v) is 17.4. The highest BCUT2D eigenvalue weighted by Crippen LogP contribution is 2.06. The fourth-order valence-corrected chi connectivity index (χ4v) is 2.79. The van der Waals surface area contributed by atoms with E-state index in [0.29, 0.717) is 6.54 Å². The standard InChI is InChI=1S/C24H43N2/c1-2-3-4-5-6-7-11-14-17-20-23-26-24-21-18-15-12-9-8-10-13-16-19-22-25/h25-26H,2-9,11-12,15-16,18-24H2,1H3. The van der Waals surface area contributed by atoms with Gasteiger partial charge in [0.05, 0.1) is 0 Å². The van der Waals surface area contributed by atoms with E-state index in [1.165, 1.54) is 70.6 Å². The van der Waals surface area contributed by atoms with E-state index in [2.05, 4.69) is 35.9 Å². The van der Waals surface area contributed by atoms with E-state index in [9.17, 15) is 0 Å². The largest absolute Gasteiger partial charge is 0.316 e. The van der Waals surface area contributed by atoms with Crippen molar-refractivity contribution in [2.45, 2.75) is 110 Å². The summed E-state index contributed by atoms with van der Waals surface area (Å²) < 4.78 is 0. The summed E-state index contributed by atoms with van der Waals surface area (Å²) >= 11 is 0. The van der Waals surface area contributed by atoms with Crippen LogP contribution in [0.5, 0.6) is 0 Å². The second-order valence-corrected chi connectivity index (χ2v) is 7.10. The molecule has 0 amide bonds. The maximum Gasteiger partial charge on any atom is 0.0214 e. The van der Waals surface area contributed by atoms with Crippen molar-refractivity contribution in [3.8, 4) is 23.7 Å². The van der Waals surface area contributed by atoms with E-state index in [-0.39, 0.29) is 0 Å². The van der Waals surface area contributed by atoms with E-state index >= 15 is 0 Å². The molecule has 0 aliphatic heterocycles. The Kier molecular flexibility index (Phi) is 23.2. The van der Waals surface area contributed by atoms with E-state index in [1.807, 2.05) is 0 Å². The Labute approximate surface area is 164 Å². The number of nitrogens with one attached hydrogen (secondary N) is 2. The summed E-state index contributed by atoms with van der Waals surface area (Å²) in [7, 11) is 0. The van der Waals surface area contributed by atoms with Crippen molar-refractivity contribution in [2.24, 2.45) is 0 Å². The zero-order chi connectivity index (χ0) is 19.0. The van der Waals surface area contributed by atoms with Crippen LogP contribution >= 0.6 is 0 Å². The fourth-order valence-electron chi connectivity index (χ4n) is 2.79. The van der Waals surface area contributed by atoms with E-state index < -0.39 is 0 Å². The van der Waals surface area contributed by atoms with Gasteiger partial charge < -0.3 is 5.32 Å². The van der Waals surface area contributed by atoms with Crippen molar-refractivity contribution in [3.63, 3.8) is 0 Å². The van der Waals surface area contributed by atoms with Crippen LogP contribution < -0.4 is 11.1 Å². The first-order valence-corrected chi connectivity index (χ1v) is 11.2. The van der Waals surface area contributed by atoms with Crippen molar-refractivity contribution in [1.82, 2.24) is 11.1 Å². The van der Waals surface area contributed by atoms with Crippen molar-refractivity contribution in [1.29, 1.82) is 0 Å². The summed E-state index contributed by atoms with van der Waals surface area (Å²) in [4.78, 5) is 0. The summed E-state index contributed by atoms with van der Waals surface area (Å²) in [6.07, 6.45) is 19.5. The molecule has 0 atom stereocenters. The van der Waals surface area contributed by atoms with Crippen LogP contribution in [-0.2, 0) is 0 Å².